The molecular formula is C14H23N5O2. The smallest absolute Gasteiger partial charge is 0.314 e. The van der Waals surface area contributed by atoms with Crippen molar-refractivity contribution in [2.24, 2.45) is 0 Å². The Morgan fingerprint density at radius 1 is 1.29 bits per heavy atom. The Balaban J connectivity index is 1.61. The Kier molecular flexibility index (Phi) is 4.21. The van der Waals surface area contributed by atoms with Crippen LogP contribution in [-0.4, -0.2) is 75.4 Å². The summed E-state index contributed by atoms with van der Waals surface area (Å²) in [5.74, 6) is 0.164. The van der Waals surface area contributed by atoms with Crippen LogP contribution in [0.2, 0.25) is 0 Å². The molecule has 3 rings (SSSR count). The van der Waals surface area contributed by atoms with Gasteiger partial charge in [-0.1, -0.05) is 0 Å². The van der Waals surface area contributed by atoms with Gasteiger partial charge < -0.3 is 14.9 Å². The molecule has 2 aliphatic heterocycles. The number of aryl methyl sites for hydroxylation is 1. The number of hydrogen-bond acceptors (Lipinski definition) is 5. The van der Waals surface area contributed by atoms with Gasteiger partial charge >= 0.3 is 5.97 Å². The predicted octanol–water partition coefficient (Wildman–Crippen LogP) is 0.0300. The summed E-state index contributed by atoms with van der Waals surface area (Å²) >= 11 is 0. The van der Waals surface area contributed by atoms with Gasteiger partial charge in [0.05, 0.1) is 0 Å². The Morgan fingerprint density at radius 3 is 2.76 bits per heavy atom. The van der Waals surface area contributed by atoms with Gasteiger partial charge in [0.15, 0.2) is 5.82 Å². The standard InChI is InChI=1S/C14H23N5O2/c1-17-7-9-18(10-8-17)6-4-12-15-13-11(14(20)21)3-2-5-19(13)16-12/h11H,2-10H2,1H3,(H,20,21). The lowest BCUT2D eigenvalue weighted by Gasteiger charge is -2.31. The summed E-state index contributed by atoms with van der Waals surface area (Å²) in [5, 5.41) is 13.7. The molecule has 1 unspecified atom stereocenters. The highest BCUT2D eigenvalue weighted by molar-refractivity contribution is 5.75. The van der Waals surface area contributed by atoms with Crippen molar-refractivity contribution in [1.82, 2.24) is 24.6 Å². The normalized spacial score (nSPS) is 24.0. The first-order chi connectivity index (χ1) is 10.1. The van der Waals surface area contributed by atoms with E-state index in [4.69, 9.17) is 0 Å². The van der Waals surface area contributed by atoms with Gasteiger partial charge in [-0.15, -0.1) is 0 Å². The number of piperazine rings is 1. The van der Waals surface area contributed by atoms with Crippen molar-refractivity contribution in [3.63, 3.8) is 0 Å². The average Bonchev–Trinajstić information content (AvgIpc) is 2.89. The molecule has 0 aliphatic carbocycles. The van der Waals surface area contributed by atoms with Crippen LogP contribution in [0.25, 0.3) is 0 Å². The molecule has 1 aromatic rings. The fraction of sp³-hybridized carbons (Fsp3) is 0.786. The van der Waals surface area contributed by atoms with E-state index in [0.717, 1.165) is 57.9 Å². The van der Waals surface area contributed by atoms with Crippen LogP contribution in [0.4, 0.5) is 0 Å². The molecular weight excluding hydrogens is 270 g/mol. The minimum absolute atomic E-state index is 0.483. The zero-order valence-electron chi connectivity index (χ0n) is 12.5. The Hall–Kier alpha value is -1.47. The van der Waals surface area contributed by atoms with Crippen molar-refractivity contribution in [2.75, 3.05) is 39.8 Å². The van der Waals surface area contributed by atoms with Crippen LogP contribution in [0.1, 0.15) is 30.4 Å². The third-order valence-corrected chi connectivity index (χ3v) is 4.46. The van der Waals surface area contributed by atoms with E-state index in [2.05, 4.69) is 26.9 Å². The van der Waals surface area contributed by atoms with Crippen molar-refractivity contribution in [3.8, 4) is 0 Å². The van der Waals surface area contributed by atoms with Crippen LogP contribution < -0.4 is 0 Å². The van der Waals surface area contributed by atoms with Crippen LogP contribution >= 0.6 is 0 Å². The van der Waals surface area contributed by atoms with Crippen molar-refractivity contribution in [2.45, 2.75) is 31.7 Å². The molecule has 1 atom stereocenters. The summed E-state index contributed by atoms with van der Waals surface area (Å²) in [6.07, 6.45) is 2.34. The van der Waals surface area contributed by atoms with Crippen LogP contribution in [-0.2, 0) is 17.8 Å². The third kappa shape index (κ3) is 3.24. The number of likely N-dealkylation sites (N-methyl/N-ethyl adjacent to an activating group) is 1. The van der Waals surface area contributed by atoms with Crippen LogP contribution in [0.5, 0.6) is 0 Å². The number of fused-ring (bicyclic) bond motifs is 1. The van der Waals surface area contributed by atoms with Gasteiger partial charge in [-0.05, 0) is 19.9 Å². The summed E-state index contributed by atoms with van der Waals surface area (Å²) in [6, 6.07) is 0. The van der Waals surface area contributed by atoms with Gasteiger partial charge in [0.1, 0.15) is 11.7 Å². The van der Waals surface area contributed by atoms with Crippen molar-refractivity contribution < 1.29 is 9.90 Å². The topological polar surface area (TPSA) is 74.5 Å². The van der Waals surface area contributed by atoms with E-state index in [9.17, 15) is 9.90 Å². The molecule has 1 aromatic heterocycles. The minimum Gasteiger partial charge on any atom is -0.481 e. The number of aromatic nitrogens is 3. The van der Waals surface area contributed by atoms with E-state index < -0.39 is 11.9 Å². The lowest BCUT2D eigenvalue weighted by Crippen LogP contribution is -2.45. The number of rotatable bonds is 4. The van der Waals surface area contributed by atoms with Gasteiger partial charge in [0, 0.05) is 45.7 Å². The number of carboxylic acid groups (broad SMARTS) is 1. The monoisotopic (exact) mass is 293 g/mol. The molecule has 3 heterocycles. The first-order valence-corrected chi connectivity index (χ1v) is 7.71. The molecule has 2 aliphatic rings. The number of aliphatic carboxylic acids is 1. The van der Waals surface area contributed by atoms with Gasteiger partial charge in [0.2, 0.25) is 0 Å². The molecule has 0 spiro atoms. The lowest BCUT2D eigenvalue weighted by atomic mass is 10.00. The number of carbonyl (C=O) groups is 1. The largest absolute Gasteiger partial charge is 0.481 e. The second-order valence-electron chi connectivity index (χ2n) is 6.04. The average molecular weight is 293 g/mol. The van der Waals surface area contributed by atoms with E-state index in [1.54, 1.807) is 4.68 Å². The molecule has 0 bridgehead atoms. The molecule has 21 heavy (non-hydrogen) atoms. The number of carboxylic acids is 1. The van der Waals surface area contributed by atoms with E-state index in [-0.39, 0.29) is 0 Å². The van der Waals surface area contributed by atoms with Crippen LogP contribution in [0.3, 0.4) is 0 Å². The molecule has 1 fully saturated rings. The van der Waals surface area contributed by atoms with Crippen molar-refractivity contribution in [1.29, 1.82) is 0 Å². The highest BCUT2D eigenvalue weighted by atomic mass is 16.4. The molecule has 0 aromatic carbocycles. The SMILES string of the molecule is CN1CCN(CCc2nc3n(n2)CCCC3C(=O)O)CC1. The van der Waals surface area contributed by atoms with Gasteiger partial charge in [-0.3, -0.25) is 4.79 Å². The quantitative estimate of drug-likeness (QED) is 0.844. The first kappa shape index (κ1) is 14.5. The number of hydrogen-bond donors (Lipinski definition) is 1. The number of nitrogens with zero attached hydrogens (tertiary/aromatic N) is 5. The van der Waals surface area contributed by atoms with Crippen LogP contribution in [0, 0.1) is 0 Å². The Morgan fingerprint density at radius 2 is 2.05 bits per heavy atom. The zero-order chi connectivity index (χ0) is 14.8. The van der Waals surface area contributed by atoms with Crippen molar-refractivity contribution in [3.05, 3.63) is 11.6 Å². The molecule has 0 radical (unpaired) electrons. The van der Waals surface area contributed by atoms with E-state index >= 15 is 0 Å². The Bertz CT molecular complexity index is 507. The maximum absolute atomic E-state index is 11.3. The van der Waals surface area contributed by atoms with Gasteiger partial charge in [0.25, 0.3) is 0 Å². The molecule has 0 saturated carbocycles. The molecule has 7 heteroatoms. The maximum Gasteiger partial charge on any atom is 0.314 e. The second-order valence-corrected chi connectivity index (χ2v) is 6.04. The fourth-order valence-electron chi connectivity index (χ4n) is 3.07. The molecule has 1 saturated heterocycles. The van der Waals surface area contributed by atoms with E-state index in [1.807, 2.05) is 0 Å². The molecule has 7 nitrogen and oxygen atoms in total. The summed E-state index contributed by atoms with van der Waals surface area (Å²) in [7, 11) is 2.15. The van der Waals surface area contributed by atoms with E-state index in [0.29, 0.717) is 12.2 Å². The first-order valence-electron chi connectivity index (χ1n) is 7.71. The summed E-state index contributed by atoms with van der Waals surface area (Å²) < 4.78 is 1.79. The summed E-state index contributed by atoms with van der Waals surface area (Å²) in [5.41, 5.74) is 0. The highest BCUT2D eigenvalue weighted by Crippen LogP contribution is 2.25. The molecule has 0 amide bonds. The van der Waals surface area contributed by atoms with Crippen molar-refractivity contribution >= 4 is 5.97 Å². The third-order valence-electron chi connectivity index (χ3n) is 4.46. The van der Waals surface area contributed by atoms with Gasteiger partial charge in [-0.25, -0.2) is 9.67 Å². The lowest BCUT2D eigenvalue weighted by molar-refractivity contribution is -0.139. The fourth-order valence-corrected chi connectivity index (χ4v) is 3.07. The molecule has 116 valence electrons. The van der Waals surface area contributed by atoms with Gasteiger partial charge in [-0.2, -0.15) is 5.10 Å². The Labute approximate surface area is 124 Å². The summed E-state index contributed by atoms with van der Waals surface area (Å²) in [6.45, 7) is 6.13. The highest BCUT2D eigenvalue weighted by Gasteiger charge is 2.29. The zero-order valence-corrected chi connectivity index (χ0v) is 12.5. The minimum atomic E-state index is -0.783. The summed E-state index contributed by atoms with van der Waals surface area (Å²) in [4.78, 5) is 20.5. The van der Waals surface area contributed by atoms with Crippen LogP contribution in [0.15, 0.2) is 0 Å². The predicted molar refractivity (Wildman–Crippen MR) is 77.3 cm³/mol. The second kappa shape index (κ2) is 6.11. The molecule has 1 N–H and O–H groups in total. The van der Waals surface area contributed by atoms with E-state index in [1.165, 1.54) is 0 Å². The maximum atomic E-state index is 11.3.